The van der Waals surface area contributed by atoms with Gasteiger partial charge in [-0.25, -0.2) is 0 Å². The van der Waals surface area contributed by atoms with Gasteiger partial charge in [0.05, 0.1) is 18.8 Å². The second kappa shape index (κ2) is 6.88. The van der Waals surface area contributed by atoms with Crippen LogP contribution in [0.5, 0.6) is 0 Å². The third kappa shape index (κ3) is 3.55. The van der Waals surface area contributed by atoms with E-state index in [2.05, 4.69) is 36.5 Å². The molecule has 1 aromatic rings. The second-order valence-electron chi connectivity index (χ2n) is 4.87. The van der Waals surface area contributed by atoms with Gasteiger partial charge in [-0.1, -0.05) is 31.2 Å². The fourth-order valence-corrected chi connectivity index (χ4v) is 2.35. The zero-order valence-electron chi connectivity index (χ0n) is 11.1. The molecule has 1 aromatic carbocycles. The van der Waals surface area contributed by atoms with Gasteiger partial charge in [0.15, 0.2) is 0 Å². The van der Waals surface area contributed by atoms with Gasteiger partial charge in [0.2, 0.25) is 0 Å². The molecular weight excluding hydrogens is 226 g/mol. The number of nitrogens with one attached hydrogen (secondary N) is 1. The van der Waals surface area contributed by atoms with Gasteiger partial charge in [-0.05, 0) is 30.4 Å². The van der Waals surface area contributed by atoms with Crippen molar-refractivity contribution in [3.63, 3.8) is 0 Å². The van der Waals surface area contributed by atoms with Crippen LogP contribution < -0.4 is 5.32 Å². The Bertz CT molecular complexity index is 344. The average molecular weight is 249 g/mol. The van der Waals surface area contributed by atoms with Crippen LogP contribution in [0.3, 0.4) is 0 Å². The van der Waals surface area contributed by atoms with E-state index in [9.17, 15) is 5.11 Å². The van der Waals surface area contributed by atoms with Crippen molar-refractivity contribution in [2.24, 2.45) is 0 Å². The van der Waals surface area contributed by atoms with Gasteiger partial charge in [0.25, 0.3) is 0 Å². The van der Waals surface area contributed by atoms with Crippen molar-refractivity contribution in [1.82, 2.24) is 5.32 Å². The van der Waals surface area contributed by atoms with Crippen LogP contribution in [0.25, 0.3) is 0 Å². The smallest absolute Gasteiger partial charge is 0.0700 e. The molecule has 18 heavy (non-hydrogen) atoms. The molecule has 2 unspecified atom stereocenters. The van der Waals surface area contributed by atoms with Crippen molar-refractivity contribution >= 4 is 0 Å². The quantitative estimate of drug-likeness (QED) is 0.811. The molecule has 0 radical (unpaired) electrons. The molecule has 0 bridgehead atoms. The van der Waals surface area contributed by atoms with Gasteiger partial charge in [-0.15, -0.1) is 0 Å². The largest absolute Gasteiger partial charge is 0.394 e. The summed E-state index contributed by atoms with van der Waals surface area (Å²) in [5, 5.41) is 12.9. The van der Waals surface area contributed by atoms with Crippen LogP contribution >= 0.6 is 0 Å². The molecule has 0 amide bonds. The predicted molar refractivity (Wildman–Crippen MR) is 72.6 cm³/mol. The summed E-state index contributed by atoms with van der Waals surface area (Å²) >= 11 is 0. The van der Waals surface area contributed by atoms with Crippen molar-refractivity contribution in [3.05, 3.63) is 35.4 Å². The number of ether oxygens (including phenoxy) is 1. The van der Waals surface area contributed by atoms with Crippen LogP contribution in [0.1, 0.15) is 36.9 Å². The maximum absolute atomic E-state index is 9.48. The molecule has 3 nitrogen and oxygen atoms in total. The summed E-state index contributed by atoms with van der Waals surface area (Å²) in [5.41, 5.74) is 2.47. The van der Waals surface area contributed by atoms with Gasteiger partial charge >= 0.3 is 0 Å². The van der Waals surface area contributed by atoms with E-state index < -0.39 is 0 Å². The Morgan fingerprint density at radius 2 is 2.17 bits per heavy atom. The zero-order chi connectivity index (χ0) is 12.8. The molecule has 1 aliphatic rings. The van der Waals surface area contributed by atoms with Crippen LogP contribution in [-0.4, -0.2) is 31.0 Å². The molecule has 1 fully saturated rings. The highest BCUT2D eigenvalue weighted by Crippen LogP contribution is 2.16. The first-order chi connectivity index (χ1) is 8.83. The number of aryl methyl sites for hydroxylation is 1. The Morgan fingerprint density at radius 3 is 2.72 bits per heavy atom. The van der Waals surface area contributed by atoms with Crippen LogP contribution in [0.2, 0.25) is 0 Å². The molecule has 0 saturated carbocycles. The van der Waals surface area contributed by atoms with E-state index in [1.807, 2.05) is 0 Å². The first-order valence-corrected chi connectivity index (χ1v) is 6.88. The van der Waals surface area contributed by atoms with Gasteiger partial charge in [-0.2, -0.15) is 0 Å². The number of aliphatic hydroxyl groups excluding tert-OH is 1. The van der Waals surface area contributed by atoms with E-state index in [1.165, 1.54) is 5.56 Å². The standard InChI is InChI=1S/C15H23NO2/c1-2-12-5-7-13(8-6-12)15(11-17)16-10-14-4-3-9-18-14/h5-8,14-17H,2-4,9-11H2,1H3. The number of benzene rings is 1. The fraction of sp³-hybridized carbons (Fsp3) is 0.600. The molecule has 100 valence electrons. The highest BCUT2D eigenvalue weighted by atomic mass is 16.5. The average Bonchev–Trinajstić information content (AvgIpc) is 2.93. The normalized spacial score (nSPS) is 21.1. The van der Waals surface area contributed by atoms with Crippen molar-refractivity contribution in [2.75, 3.05) is 19.8 Å². The molecule has 2 N–H and O–H groups in total. The van der Waals surface area contributed by atoms with E-state index in [0.29, 0.717) is 6.10 Å². The maximum atomic E-state index is 9.48. The van der Waals surface area contributed by atoms with Gasteiger partial charge in [0, 0.05) is 13.2 Å². The van der Waals surface area contributed by atoms with E-state index >= 15 is 0 Å². The van der Waals surface area contributed by atoms with Crippen LogP contribution in [0.4, 0.5) is 0 Å². The lowest BCUT2D eigenvalue weighted by molar-refractivity contribution is 0.104. The Morgan fingerprint density at radius 1 is 1.39 bits per heavy atom. The van der Waals surface area contributed by atoms with Crippen molar-refractivity contribution < 1.29 is 9.84 Å². The highest BCUT2D eigenvalue weighted by Gasteiger charge is 2.17. The van der Waals surface area contributed by atoms with E-state index in [-0.39, 0.29) is 12.6 Å². The zero-order valence-corrected chi connectivity index (χ0v) is 11.1. The summed E-state index contributed by atoms with van der Waals surface area (Å²) in [4.78, 5) is 0. The Balaban J connectivity index is 1.89. The predicted octanol–water partition coefficient (Wildman–Crippen LogP) is 2.05. The Hall–Kier alpha value is -0.900. The van der Waals surface area contributed by atoms with Crippen LogP contribution in [0, 0.1) is 0 Å². The summed E-state index contributed by atoms with van der Waals surface area (Å²) in [7, 11) is 0. The molecule has 1 aliphatic heterocycles. The topological polar surface area (TPSA) is 41.5 Å². The lowest BCUT2D eigenvalue weighted by atomic mass is 10.0. The minimum Gasteiger partial charge on any atom is -0.394 e. The van der Waals surface area contributed by atoms with Crippen LogP contribution in [-0.2, 0) is 11.2 Å². The number of aliphatic hydroxyl groups is 1. The summed E-state index contributed by atoms with van der Waals surface area (Å²) in [6.45, 7) is 3.97. The molecule has 2 atom stereocenters. The van der Waals surface area contributed by atoms with Gasteiger partial charge < -0.3 is 15.2 Å². The molecule has 0 aromatic heterocycles. The maximum Gasteiger partial charge on any atom is 0.0700 e. The molecule has 3 heteroatoms. The van der Waals surface area contributed by atoms with Crippen molar-refractivity contribution in [1.29, 1.82) is 0 Å². The van der Waals surface area contributed by atoms with E-state index in [0.717, 1.165) is 38.0 Å². The molecule has 1 heterocycles. The van der Waals surface area contributed by atoms with Crippen LogP contribution in [0.15, 0.2) is 24.3 Å². The Kier molecular flexibility index (Phi) is 5.17. The number of hydrogen-bond donors (Lipinski definition) is 2. The van der Waals surface area contributed by atoms with E-state index in [1.54, 1.807) is 0 Å². The molecule has 0 aliphatic carbocycles. The molecule has 2 rings (SSSR count). The SMILES string of the molecule is CCc1ccc(C(CO)NCC2CCCO2)cc1. The molecular formula is C15H23NO2. The summed E-state index contributed by atoms with van der Waals surface area (Å²) in [5.74, 6) is 0. The minimum atomic E-state index is 0.0140. The molecule has 0 spiro atoms. The summed E-state index contributed by atoms with van der Waals surface area (Å²) in [6.07, 6.45) is 3.64. The lowest BCUT2D eigenvalue weighted by Gasteiger charge is -2.19. The summed E-state index contributed by atoms with van der Waals surface area (Å²) < 4.78 is 5.58. The third-order valence-electron chi connectivity index (χ3n) is 3.59. The third-order valence-corrected chi connectivity index (χ3v) is 3.59. The van der Waals surface area contributed by atoms with Crippen molar-refractivity contribution in [2.45, 2.75) is 38.3 Å². The van der Waals surface area contributed by atoms with E-state index in [4.69, 9.17) is 4.74 Å². The van der Waals surface area contributed by atoms with Gasteiger partial charge in [-0.3, -0.25) is 0 Å². The fourth-order valence-electron chi connectivity index (χ4n) is 2.35. The van der Waals surface area contributed by atoms with Gasteiger partial charge in [0.1, 0.15) is 0 Å². The second-order valence-corrected chi connectivity index (χ2v) is 4.87. The monoisotopic (exact) mass is 249 g/mol. The first kappa shape index (κ1) is 13.5. The number of rotatable bonds is 6. The van der Waals surface area contributed by atoms with Crippen molar-refractivity contribution in [3.8, 4) is 0 Å². The number of hydrogen-bond acceptors (Lipinski definition) is 3. The Labute approximate surface area is 109 Å². The summed E-state index contributed by atoms with van der Waals surface area (Å²) in [6, 6.07) is 8.47. The highest BCUT2D eigenvalue weighted by molar-refractivity contribution is 5.25. The lowest BCUT2D eigenvalue weighted by Crippen LogP contribution is -2.31. The molecule has 1 saturated heterocycles. The first-order valence-electron chi connectivity index (χ1n) is 6.88. The minimum absolute atomic E-state index is 0.0140.